The molecule has 0 aliphatic carbocycles. The van der Waals surface area contributed by atoms with Gasteiger partial charge in [0.2, 0.25) is 5.95 Å². The molecule has 3 heterocycles. The SMILES string of the molecule is NC(=NCCN1CCN(c2ncccn2)CC1)N1CCOCC1. The molecule has 0 unspecified atom stereocenters. The zero-order valence-electron chi connectivity index (χ0n) is 13.5. The van der Waals surface area contributed by atoms with Gasteiger partial charge in [-0.1, -0.05) is 0 Å². The Morgan fingerprint density at radius 2 is 1.78 bits per heavy atom. The van der Waals surface area contributed by atoms with Gasteiger partial charge in [0.15, 0.2) is 5.96 Å². The van der Waals surface area contributed by atoms with Crippen LogP contribution in [0.1, 0.15) is 0 Å². The predicted molar refractivity (Wildman–Crippen MR) is 89.6 cm³/mol. The lowest BCUT2D eigenvalue weighted by molar-refractivity contribution is 0.0674. The summed E-state index contributed by atoms with van der Waals surface area (Å²) < 4.78 is 5.32. The smallest absolute Gasteiger partial charge is 0.225 e. The van der Waals surface area contributed by atoms with E-state index in [-0.39, 0.29) is 0 Å². The topological polar surface area (TPSA) is 83.1 Å². The molecule has 2 saturated heterocycles. The quantitative estimate of drug-likeness (QED) is 0.577. The predicted octanol–water partition coefficient (Wildman–Crippen LogP) is -0.754. The number of nitrogens with two attached hydrogens (primary N) is 1. The van der Waals surface area contributed by atoms with Gasteiger partial charge in [-0.2, -0.15) is 0 Å². The first-order valence-corrected chi connectivity index (χ1v) is 8.20. The van der Waals surface area contributed by atoms with Crippen molar-refractivity contribution in [3.05, 3.63) is 18.5 Å². The van der Waals surface area contributed by atoms with Gasteiger partial charge in [-0.3, -0.25) is 9.89 Å². The third kappa shape index (κ3) is 4.52. The molecule has 0 amide bonds. The molecule has 23 heavy (non-hydrogen) atoms. The molecule has 0 bridgehead atoms. The number of guanidine groups is 1. The molecule has 1 aromatic heterocycles. The number of ether oxygens (including phenoxy) is 1. The highest BCUT2D eigenvalue weighted by Crippen LogP contribution is 2.09. The molecule has 2 aliphatic heterocycles. The van der Waals surface area contributed by atoms with E-state index < -0.39 is 0 Å². The normalized spacial score (nSPS) is 20.8. The summed E-state index contributed by atoms with van der Waals surface area (Å²) in [6, 6.07) is 1.84. The fourth-order valence-electron chi connectivity index (χ4n) is 2.82. The molecular formula is C15H25N7O. The first kappa shape index (κ1) is 15.9. The Morgan fingerprint density at radius 3 is 2.48 bits per heavy atom. The number of piperazine rings is 1. The van der Waals surface area contributed by atoms with Crippen LogP contribution < -0.4 is 10.6 Å². The Bertz CT molecular complexity index is 496. The van der Waals surface area contributed by atoms with Gasteiger partial charge in [-0.15, -0.1) is 0 Å². The van der Waals surface area contributed by atoms with Crippen LogP contribution in [0.5, 0.6) is 0 Å². The van der Waals surface area contributed by atoms with Gasteiger partial charge in [0.1, 0.15) is 0 Å². The second kappa shape index (κ2) is 8.07. The van der Waals surface area contributed by atoms with Crippen molar-refractivity contribution in [3.63, 3.8) is 0 Å². The van der Waals surface area contributed by atoms with Gasteiger partial charge < -0.3 is 20.3 Å². The van der Waals surface area contributed by atoms with Crippen molar-refractivity contribution < 1.29 is 4.74 Å². The highest BCUT2D eigenvalue weighted by atomic mass is 16.5. The van der Waals surface area contributed by atoms with Crippen molar-refractivity contribution in [3.8, 4) is 0 Å². The van der Waals surface area contributed by atoms with Crippen LogP contribution >= 0.6 is 0 Å². The van der Waals surface area contributed by atoms with Crippen LogP contribution in [0.4, 0.5) is 5.95 Å². The van der Waals surface area contributed by atoms with Crippen LogP contribution in [0.3, 0.4) is 0 Å². The Hall–Kier alpha value is -1.93. The molecular weight excluding hydrogens is 294 g/mol. The number of anilines is 1. The van der Waals surface area contributed by atoms with Crippen LogP contribution in [0.15, 0.2) is 23.5 Å². The molecule has 8 heteroatoms. The molecule has 3 rings (SSSR count). The third-order valence-corrected chi connectivity index (χ3v) is 4.23. The first-order valence-electron chi connectivity index (χ1n) is 8.20. The summed E-state index contributed by atoms with van der Waals surface area (Å²) in [5, 5.41) is 0. The van der Waals surface area contributed by atoms with Crippen molar-refractivity contribution >= 4 is 11.9 Å². The Kier molecular flexibility index (Phi) is 5.60. The molecule has 8 nitrogen and oxygen atoms in total. The fraction of sp³-hybridized carbons (Fsp3) is 0.667. The maximum atomic E-state index is 6.04. The number of aromatic nitrogens is 2. The van der Waals surface area contributed by atoms with Crippen molar-refractivity contribution in [2.24, 2.45) is 10.7 Å². The number of hydrogen-bond donors (Lipinski definition) is 1. The third-order valence-electron chi connectivity index (χ3n) is 4.23. The molecule has 0 spiro atoms. The first-order chi connectivity index (χ1) is 11.3. The summed E-state index contributed by atoms with van der Waals surface area (Å²) in [5.74, 6) is 1.46. The van der Waals surface area contributed by atoms with Crippen LogP contribution in [0.2, 0.25) is 0 Å². The Balaban J connectivity index is 1.39. The van der Waals surface area contributed by atoms with E-state index in [4.69, 9.17) is 10.5 Å². The van der Waals surface area contributed by atoms with Gasteiger partial charge in [-0.25, -0.2) is 9.97 Å². The van der Waals surface area contributed by atoms with E-state index in [1.54, 1.807) is 12.4 Å². The van der Waals surface area contributed by atoms with Gasteiger partial charge in [0.25, 0.3) is 0 Å². The summed E-state index contributed by atoms with van der Waals surface area (Å²) in [6.45, 7) is 8.74. The lowest BCUT2D eigenvalue weighted by Crippen LogP contribution is -2.48. The molecule has 2 fully saturated rings. The molecule has 1 aromatic rings. The highest BCUT2D eigenvalue weighted by molar-refractivity contribution is 5.78. The monoisotopic (exact) mass is 319 g/mol. The molecule has 0 radical (unpaired) electrons. The number of nitrogens with zero attached hydrogens (tertiary/aromatic N) is 6. The van der Waals surface area contributed by atoms with E-state index in [9.17, 15) is 0 Å². The van der Waals surface area contributed by atoms with Crippen molar-refractivity contribution in [2.75, 3.05) is 70.5 Å². The van der Waals surface area contributed by atoms with Gasteiger partial charge in [-0.05, 0) is 6.07 Å². The van der Waals surface area contributed by atoms with E-state index >= 15 is 0 Å². The van der Waals surface area contributed by atoms with E-state index in [1.807, 2.05) is 6.07 Å². The van der Waals surface area contributed by atoms with Gasteiger partial charge in [0, 0.05) is 58.2 Å². The summed E-state index contributed by atoms with van der Waals surface area (Å²) in [4.78, 5) is 19.8. The molecule has 2 aliphatic rings. The second-order valence-corrected chi connectivity index (χ2v) is 5.72. The minimum absolute atomic E-state index is 0.643. The average molecular weight is 319 g/mol. The molecule has 2 N–H and O–H groups in total. The number of morpholine rings is 1. The van der Waals surface area contributed by atoms with Gasteiger partial charge in [0.05, 0.1) is 19.8 Å². The summed E-state index contributed by atoms with van der Waals surface area (Å²) in [5.41, 5.74) is 6.04. The highest BCUT2D eigenvalue weighted by Gasteiger charge is 2.18. The lowest BCUT2D eigenvalue weighted by Gasteiger charge is -2.34. The Labute approximate surface area is 137 Å². The number of aliphatic imine (C=N–C) groups is 1. The number of rotatable bonds is 4. The minimum atomic E-state index is 0.643. The Morgan fingerprint density at radius 1 is 1.09 bits per heavy atom. The zero-order valence-corrected chi connectivity index (χ0v) is 13.5. The second-order valence-electron chi connectivity index (χ2n) is 5.72. The fourth-order valence-corrected chi connectivity index (χ4v) is 2.82. The zero-order chi connectivity index (χ0) is 15.9. The largest absolute Gasteiger partial charge is 0.378 e. The van der Waals surface area contributed by atoms with E-state index in [1.165, 1.54) is 0 Å². The molecule has 126 valence electrons. The standard InChI is InChI=1S/C15H25N7O/c16-14(21-10-12-23-13-11-21)17-4-5-20-6-8-22(9-7-20)15-18-2-1-3-19-15/h1-3H,4-13H2,(H2,16,17). The van der Waals surface area contributed by atoms with Crippen LogP contribution in [0.25, 0.3) is 0 Å². The average Bonchev–Trinajstić information content (AvgIpc) is 2.64. The van der Waals surface area contributed by atoms with Crippen molar-refractivity contribution in [1.82, 2.24) is 19.8 Å². The maximum absolute atomic E-state index is 6.04. The molecule has 0 saturated carbocycles. The minimum Gasteiger partial charge on any atom is -0.378 e. The van der Waals surface area contributed by atoms with E-state index in [0.717, 1.165) is 71.5 Å². The van der Waals surface area contributed by atoms with E-state index in [0.29, 0.717) is 5.96 Å². The maximum Gasteiger partial charge on any atom is 0.225 e. The van der Waals surface area contributed by atoms with Crippen molar-refractivity contribution in [1.29, 1.82) is 0 Å². The van der Waals surface area contributed by atoms with Crippen LogP contribution in [-0.4, -0.2) is 91.3 Å². The molecule has 0 aromatic carbocycles. The molecule has 0 atom stereocenters. The van der Waals surface area contributed by atoms with Crippen molar-refractivity contribution in [2.45, 2.75) is 0 Å². The van der Waals surface area contributed by atoms with Crippen LogP contribution in [0, 0.1) is 0 Å². The number of hydrogen-bond acceptors (Lipinski definition) is 6. The summed E-state index contributed by atoms with van der Waals surface area (Å²) >= 11 is 0. The summed E-state index contributed by atoms with van der Waals surface area (Å²) in [7, 11) is 0. The van der Waals surface area contributed by atoms with E-state index in [2.05, 4.69) is 29.7 Å². The summed E-state index contributed by atoms with van der Waals surface area (Å²) in [6.07, 6.45) is 3.58. The van der Waals surface area contributed by atoms with Crippen LogP contribution in [-0.2, 0) is 4.74 Å². The van der Waals surface area contributed by atoms with Gasteiger partial charge >= 0.3 is 0 Å². The lowest BCUT2D eigenvalue weighted by atomic mass is 10.3.